The Balaban J connectivity index is 2.54. The van der Waals surface area contributed by atoms with Crippen LogP contribution in [0.3, 0.4) is 0 Å². The molecule has 0 aliphatic carbocycles. The number of hydrogen-bond donors (Lipinski definition) is 3. The molecule has 1 aliphatic rings. The zero-order chi connectivity index (χ0) is 11.4. The van der Waals surface area contributed by atoms with Crippen LogP contribution >= 0.6 is 0 Å². The molecule has 1 rings (SSSR count). The SMILES string of the molecule is NC(=O)C(O)C(O)C(=O)N1CCCCC1. The fraction of sp³-hybridized carbons (Fsp3) is 0.778. The van der Waals surface area contributed by atoms with Crippen LogP contribution in [0.15, 0.2) is 0 Å². The molecule has 6 heteroatoms. The summed E-state index contributed by atoms with van der Waals surface area (Å²) in [6, 6.07) is 0. The predicted octanol–water partition coefficient (Wildman–Crippen LogP) is -1.79. The van der Waals surface area contributed by atoms with Crippen molar-refractivity contribution < 1.29 is 19.8 Å². The minimum atomic E-state index is -1.82. The maximum atomic E-state index is 11.6. The first-order chi connectivity index (χ1) is 7.04. The number of rotatable bonds is 3. The van der Waals surface area contributed by atoms with Crippen molar-refractivity contribution in [1.82, 2.24) is 4.90 Å². The summed E-state index contributed by atoms with van der Waals surface area (Å²) < 4.78 is 0. The molecule has 1 fully saturated rings. The molecule has 1 aliphatic heterocycles. The van der Waals surface area contributed by atoms with Crippen LogP contribution in [0.1, 0.15) is 19.3 Å². The second kappa shape index (κ2) is 5.09. The second-order valence-electron chi connectivity index (χ2n) is 3.68. The first-order valence-electron chi connectivity index (χ1n) is 4.98. The number of aliphatic hydroxyl groups excluding tert-OH is 2. The van der Waals surface area contributed by atoms with Crippen LogP contribution in [0.2, 0.25) is 0 Å². The van der Waals surface area contributed by atoms with Gasteiger partial charge in [0.2, 0.25) is 5.91 Å². The summed E-state index contributed by atoms with van der Waals surface area (Å²) in [4.78, 5) is 23.6. The lowest BCUT2D eigenvalue weighted by Crippen LogP contribution is -2.50. The smallest absolute Gasteiger partial charge is 0.254 e. The Kier molecular flexibility index (Phi) is 4.05. The standard InChI is InChI=1S/C9H16N2O4/c10-8(14)6(12)7(13)9(15)11-4-2-1-3-5-11/h6-7,12-13H,1-5H2,(H2,10,14). The molecule has 0 radical (unpaired) electrons. The maximum absolute atomic E-state index is 11.6. The summed E-state index contributed by atoms with van der Waals surface area (Å²) in [6.07, 6.45) is -0.742. The van der Waals surface area contributed by atoms with E-state index in [0.29, 0.717) is 13.1 Å². The van der Waals surface area contributed by atoms with E-state index >= 15 is 0 Å². The van der Waals surface area contributed by atoms with Crippen molar-refractivity contribution in [3.05, 3.63) is 0 Å². The summed E-state index contributed by atoms with van der Waals surface area (Å²) in [5.41, 5.74) is 4.78. The van der Waals surface area contributed by atoms with E-state index in [-0.39, 0.29) is 0 Å². The van der Waals surface area contributed by atoms with Gasteiger partial charge in [0.25, 0.3) is 5.91 Å². The van der Waals surface area contributed by atoms with E-state index in [9.17, 15) is 14.7 Å². The molecule has 0 aromatic carbocycles. The number of piperidine rings is 1. The van der Waals surface area contributed by atoms with Gasteiger partial charge in [-0.1, -0.05) is 0 Å². The van der Waals surface area contributed by atoms with E-state index < -0.39 is 24.0 Å². The van der Waals surface area contributed by atoms with Gasteiger partial charge >= 0.3 is 0 Å². The van der Waals surface area contributed by atoms with Gasteiger partial charge in [-0.15, -0.1) is 0 Å². The quantitative estimate of drug-likeness (QED) is 0.518. The van der Waals surface area contributed by atoms with Crippen molar-refractivity contribution in [3.8, 4) is 0 Å². The van der Waals surface area contributed by atoms with Gasteiger partial charge in [-0.3, -0.25) is 9.59 Å². The Morgan fingerprint density at radius 3 is 2.07 bits per heavy atom. The summed E-state index contributed by atoms with van der Waals surface area (Å²) in [6.45, 7) is 1.11. The second-order valence-corrected chi connectivity index (χ2v) is 3.68. The third kappa shape index (κ3) is 2.90. The minimum absolute atomic E-state index is 0.557. The van der Waals surface area contributed by atoms with Crippen LogP contribution < -0.4 is 5.73 Å². The van der Waals surface area contributed by atoms with Gasteiger partial charge < -0.3 is 20.8 Å². The van der Waals surface area contributed by atoms with Crippen LogP contribution in [0.4, 0.5) is 0 Å². The number of hydrogen-bond acceptors (Lipinski definition) is 4. The van der Waals surface area contributed by atoms with Crippen molar-refractivity contribution in [1.29, 1.82) is 0 Å². The number of carbonyl (C=O) groups is 2. The first-order valence-corrected chi connectivity index (χ1v) is 4.98. The van der Waals surface area contributed by atoms with Gasteiger partial charge in [0.15, 0.2) is 12.2 Å². The third-order valence-corrected chi connectivity index (χ3v) is 2.51. The topological polar surface area (TPSA) is 104 Å². The lowest BCUT2D eigenvalue weighted by molar-refractivity contribution is -0.152. The lowest BCUT2D eigenvalue weighted by Gasteiger charge is -2.29. The Morgan fingerprint density at radius 1 is 1.07 bits per heavy atom. The number of carbonyl (C=O) groups excluding carboxylic acids is 2. The van der Waals surface area contributed by atoms with E-state index in [2.05, 4.69) is 0 Å². The van der Waals surface area contributed by atoms with E-state index in [1.165, 1.54) is 4.90 Å². The van der Waals surface area contributed by atoms with Gasteiger partial charge in [-0.05, 0) is 19.3 Å². The highest BCUT2D eigenvalue weighted by Gasteiger charge is 2.32. The van der Waals surface area contributed by atoms with Crippen LogP contribution in [-0.4, -0.2) is 52.2 Å². The molecule has 0 saturated carbocycles. The van der Waals surface area contributed by atoms with Gasteiger partial charge in [0.1, 0.15) is 0 Å². The average molecular weight is 216 g/mol. The zero-order valence-electron chi connectivity index (χ0n) is 8.43. The average Bonchev–Trinajstić information content (AvgIpc) is 2.27. The molecule has 2 amide bonds. The molecule has 0 bridgehead atoms. The molecule has 1 saturated heterocycles. The van der Waals surface area contributed by atoms with E-state index in [4.69, 9.17) is 10.8 Å². The molecular weight excluding hydrogens is 200 g/mol. The highest BCUT2D eigenvalue weighted by Crippen LogP contribution is 2.11. The molecule has 6 nitrogen and oxygen atoms in total. The summed E-state index contributed by atoms with van der Waals surface area (Å²) in [5, 5.41) is 18.5. The van der Waals surface area contributed by atoms with Crippen molar-refractivity contribution >= 4 is 11.8 Å². The maximum Gasteiger partial charge on any atom is 0.254 e. The molecule has 0 aromatic rings. The molecule has 1 heterocycles. The number of nitrogens with zero attached hydrogens (tertiary/aromatic N) is 1. The number of amides is 2. The van der Waals surface area contributed by atoms with Gasteiger partial charge in [0, 0.05) is 13.1 Å². The minimum Gasteiger partial charge on any atom is -0.380 e. The molecule has 4 N–H and O–H groups in total. The van der Waals surface area contributed by atoms with Crippen LogP contribution in [0.5, 0.6) is 0 Å². The molecular formula is C9H16N2O4. The first kappa shape index (κ1) is 11.9. The van der Waals surface area contributed by atoms with Crippen molar-refractivity contribution in [3.63, 3.8) is 0 Å². The largest absolute Gasteiger partial charge is 0.380 e. The van der Waals surface area contributed by atoms with Gasteiger partial charge in [0.05, 0.1) is 0 Å². The molecule has 2 atom stereocenters. The molecule has 0 spiro atoms. The monoisotopic (exact) mass is 216 g/mol. The highest BCUT2D eigenvalue weighted by atomic mass is 16.3. The molecule has 2 unspecified atom stereocenters. The van der Waals surface area contributed by atoms with Crippen molar-refractivity contribution in [2.24, 2.45) is 5.73 Å². The van der Waals surface area contributed by atoms with Crippen LogP contribution in [-0.2, 0) is 9.59 Å². The number of primary amides is 1. The molecule has 15 heavy (non-hydrogen) atoms. The number of nitrogens with two attached hydrogens (primary N) is 1. The summed E-state index contributed by atoms with van der Waals surface area (Å²) >= 11 is 0. The zero-order valence-corrected chi connectivity index (χ0v) is 8.43. The van der Waals surface area contributed by atoms with E-state index in [1.54, 1.807) is 0 Å². The van der Waals surface area contributed by atoms with Crippen molar-refractivity contribution in [2.75, 3.05) is 13.1 Å². The Morgan fingerprint density at radius 2 is 1.60 bits per heavy atom. The van der Waals surface area contributed by atoms with Gasteiger partial charge in [-0.2, -0.15) is 0 Å². The Hall–Kier alpha value is -1.14. The Labute approximate surface area is 87.7 Å². The van der Waals surface area contributed by atoms with E-state index in [1.807, 2.05) is 0 Å². The van der Waals surface area contributed by atoms with E-state index in [0.717, 1.165) is 19.3 Å². The summed E-state index contributed by atoms with van der Waals surface area (Å²) in [7, 11) is 0. The highest BCUT2D eigenvalue weighted by molar-refractivity contribution is 5.89. The molecule has 86 valence electrons. The third-order valence-electron chi connectivity index (χ3n) is 2.51. The number of likely N-dealkylation sites (tertiary alicyclic amines) is 1. The van der Waals surface area contributed by atoms with Crippen molar-refractivity contribution in [2.45, 2.75) is 31.5 Å². The normalized spacial score (nSPS) is 20.8. The fourth-order valence-electron chi connectivity index (χ4n) is 1.59. The summed E-state index contributed by atoms with van der Waals surface area (Å²) in [5.74, 6) is -1.71. The lowest BCUT2D eigenvalue weighted by atomic mass is 10.1. The van der Waals surface area contributed by atoms with Gasteiger partial charge in [-0.25, -0.2) is 0 Å². The van der Waals surface area contributed by atoms with Crippen LogP contribution in [0, 0.1) is 0 Å². The number of aliphatic hydroxyl groups is 2. The predicted molar refractivity (Wildman–Crippen MR) is 51.6 cm³/mol. The molecule has 0 aromatic heterocycles. The fourth-order valence-corrected chi connectivity index (χ4v) is 1.59. The Bertz CT molecular complexity index is 250. The van der Waals surface area contributed by atoms with Crippen LogP contribution in [0.25, 0.3) is 0 Å².